The van der Waals surface area contributed by atoms with Crippen molar-refractivity contribution >= 4 is 28.0 Å². The van der Waals surface area contributed by atoms with Gasteiger partial charge < -0.3 is 15.2 Å². The molecule has 0 unspecified atom stereocenters. The number of benzene rings is 1. The Bertz CT molecular complexity index is 969. The molecular formula is C22H28N4O. The normalized spacial score (nSPS) is 15.3. The highest BCUT2D eigenvalue weighted by molar-refractivity contribution is 6.08. The number of nitrogens with zero attached hydrogens (tertiary/aromatic N) is 2. The number of fused-ring (bicyclic) bond motifs is 3. The molecule has 27 heavy (non-hydrogen) atoms. The van der Waals surface area contributed by atoms with Crippen molar-refractivity contribution < 1.29 is 4.79 Å². The molecule has 1 aliphatic carbocycles. The van der Waals surface area contributed by atoms with Crippen molar-refractivity contribution in [1.82, 2.24) is 20.2 Å². The Hall–Kier alpha value is -2.56. The van der Waals surface area contributed by atoms with Crippen LogP contribution in [0.4, 0.5) is 4.79 Å². The number of aromatic nitrogens is 2. The number of carbonyl (C=O) groups excluding carboxylic acids is 1. The minimum atomic E-state index is -0.0528. The Balaban J connectivity index is 1.52. The highest BCUT2D eigenvalue weighted by Crippen LogP contribution is 2.30. The van der Waals surface area contributed by atoms with Crippen LogP contribution in [-0.4, -0.2) is 28.2 Å². The Kier molecular flexibility index (Phi) is 5.01. The van der Waals surface area contributed by atoms with E-state index in [1.165, 1.54) is 41.1 Å². The summed E-state index contributed by atoms with van der Waals surface area (Å²) in [5, 5.41) is 8.58. The zero-order chi connectivity index (χ0) is 18.8. The second-order valence-corrected chi connectivity index (χ2v) is 7.68. The van der Waals surface area contributed by atoms with E-state index in [0.29, 0.717) is 19.1 Å². The Morgan fingerprint density at radius 2 is 1.96 bits per heavy atom. The summed E-state index contributed by atoms with van der Waals surface area (Å²) in [6, 6.07) is 10.8. The summed E-state index contributed by atoms with van der Waals surface area (Å²) >= 11 is 0. The van der Waals surface area contributed by atoms with Gasteiger partial charge in [-0.25, -0.2) is 9.78 Å². The molecule has 2 N–H and O–H groups in total. The second kappa shape index (κ2) is 7.59. The maximum atomic E-state index is 12.2. The highest BCUT2D eigenvalue weighted by atomic mass is 16.2. The van der Waals surface area contributed by atoms with Crippen LogP contribution in [0.25, 0.3) is 21.9 Å². The van der Waals surface area contributed by atoms with Gasteiger partial charge in [-0.2, -0.15) is 0 Å². The summed E-state index contributed by atoms with van der Waals surface area (Å²) < 4.78 is 2.23. The van der Waals surface area contributed by atoms with Crippen LogP contribution in [0.1, 0.15) is 43.4 Å². The molecule has 2 aromatic heterocycles. The van der Waals surface area contributed by atoms with Crippen molar-refractivity contribution in [3.63, 3.8) is 0 Å². The van der Waals surface area contributed by atoms with Gasteiger partial charge in [-0.1, -0.05) is 37.5 Å². The molecule has 5 nitrogen and oxygen atoms in total. The average molecular weight is 364 g/mol. The van der Waals surface area contributed by atoms with Gasteiger partial charge in [0.2, 0.25) is 0 Å². The lowest BCUT2D eigenvalue weighted by Gasteiger charge is -2.22. The van der Waals surface area contributed by atoms with Gasteiger partial charge in [0.25, 0.3) is 0 Å². The molecule has 5 heteroatoms. The van der Waals surface area contributed by atoms with Gasteiger partial charge in [0, 0.05) is 35.6 Å². The molecule has 0 bridgehead atoms. The van der Waals surface area contributed by atoms with Crippen molar-refractivity contribution in [2.75, 3.05) is 6.54 Å². The fourth-order valence-corrected chi connectivity index (χ4v) is 4.37. The first-order chi connectivity index (χ1) is 13.1. The number of hydrogen-bond acceptors (Lipinski definition) is 2. The number of carbonyl (C=O) groups is 1. The molecule has 0 spiro atoms. The molecule has 1 aromatic carbocycles. The average Bonchev–Trinajstić information content (AvgIpc) is 2.96. The van der Waals surface area contributed by atoms with Gasteiger partial charge in [0.15, 0.2) is 0 Å². The third-order valence-corrected chi connectivity index (χ3v) is 5.61. The van der Waals surface area contributed by atoms with Crippen LogP contribution >= 0.6 is 0 Å². The number of nitrogens with one attached hydrogen (secondary N) is 2. The molecule has 2 amide bonds. The van der Waals surface area contributed by atoms with Crippen LogP contribution in [0.5, 0.6) is 0 Å². The van der Waals surface area contributed by atoms with Crippen LogP contribution in [-0.2, 0) is 6.54 Å². The number of aryl methyl sites for hydroxylation is 2. The number of amides is 2. The molecule has 0 aliphatic heterocycles. The summed E-state index contributed by atoms with van der Waals surface area (Å²) in [5.41, 5.74) is 4.44. The number of para-hydroxylation sites is 1. The lowest BCUT2D eigenvalue weighted by molar-refractivity contribution is 0.232. The SMILES string of the molecule is Cc1cc(C)c2c3ccccc3n(CCNC(=O)NC3CCCCC3)c2n1. The molecule has 0 radical (unpaired) electrons. The van der Waals surface area contributed by atoms with E-state index in [0.717, 1.165) is 24.2 Å². The van der Waals surface area contributed by atoms with E-state index in [9.17, 15) is 4.79 Å². The van der Waals surface area contributed by atoms with Crippen molar-refractivity contribution in [3.8, 4) is 0 Å². The first-order valence-corrected chi connectivity index (χ1v) is 10.0. The first-order valence-electron chi connectivity index (χ1n) is 10.0. The molecular weight excluding hydrogens is 336 g/mol. The minimum Gasteiger partial charge on any atom is -0.336 e. The number of urea groups is 1. The summed E-state index contributed by atoms with van der Waals surface area (Å²) in [4.78, 5) is 17.0. The Morgan fingerprint density at radius 3 is 2.78 bits per heavy atom. The maximum absolute atomic E-state index is 12.2. The summed E-state index contributed by atoms with van der Waals surface area (Å²) in [6.07, 6.45) is 5.93. The molecule has 4 rings (SSSR count). The Morgan fingerprint density at radius 1 is 1.19 bits per heavy atom. The van der Waals surface area contributed by atoms with Gasteiger partial charge in [-0.15, -0.1) is 0 Å². The fraction of sp³-hybridized carbons (Fsp3) is 0.455. The first kappa shape index (κ1) is 17.8. The maximum Gasteiger partial charge on any atom is 0.315 e. The van der Waals surface area contributed by atoms with Crippen LogP contribution in [0.15, 0.2) is 30.3 Å². The van der Waals surface area contributed by atoms with E-state index in [-0.39, 0.29) is 6.03 Å². The topological polar surface area (TPSA) is 59.0 Å². The third-order valence-electron chi connectivity index (χ3n) is 5.61. The van der Waals surface area contributed by atoms with Gasteiger partial charge >= 0.3 is 6.03 Å². The highest BCUT2D eigenvalue weighted by Gasteiger charge is 2.16. The van der Waals surface area contributed by atoms with Gasteiger partial charge in [-0.05, 0) is 44.4 Å². The van der Waals surface area contributed by atoms with Gasteiger partial charge in [0.05, 0.1) is 5.52 Å². The number of rotatable bonds is 4. The summed E-state index contributed by atoms with van der Waals surface area (Å²) in [5.74, 6) is 0. The lowest BCUT2D eigenvalue weighted by atomic mass is 9.96. The van der Waals surface area contributed by atoms with Gasteiger partial charge in [-0.3, -0.25) is 0 Å². The zero-order valence-electron chi connectivity index (χ0n) is 16.2. The molecule has 1 fully saturated rings. The van der Waals surface area contributed by atoms with Crippen molar-refractivity contribution in [3.05, 3.63) is 41.6 Å². The molecule has 1 saturated carbocycles. The second-order valence-electron chi connectivity index (χ2n) is 7.68. The van der Waals surface area contributed by atoms with E-state index >= 15 is 0 Å². The van der Waals surface area contributed by atoms with Gasteiger partial charge in [0.1, 0.15) is 5.65 Å². The van der Waals surface area contributed by atoms with Crippen LogP contribution in [0.2, 0.25) is 0 Å². The lowest BCUT2D eigenvalue weighted by Crippen LogP contribution is -2.43. The zero-order valence-corrected chi connectivity index (χ0v) is 16.2. The predicted octanol–water partition coefficient (Wildman–Crippen LogP) is 4.44. The molecule has 3 aromatic rings. The van der Waals surface area contributed by atoms with Crippen molar-refractivity contribution in [2.24, 2.45) is 0 Å². The fourth-order valence-electron chi connectivity index (χ4n) is 4.37. The minimum absolute atomic E-state index is 0.0528. The van der Waals surface area contributed by atoms with Crippen LogP contribution < -0.4 is 10.6 Å². The number of hydrogen-bond donors (Lipinski definition) is 2. The van der Waals surface area contributed by atoms with E-state index in [4.69, 9.17) is 4.98 Å². The molecule has 0 atom stereocenters. The van der Waals surface area contributed by atoms with Crippen molar-refractivity contribution in [2.45, 2.75) is 58.5 Å². The number of pyridine rings is 1. The monoisotopic (exact) mass is 364 g/mol. The molecule has 142 valence electrons. The van der Waals surface area contributed by atoms with Crippen LogP contribution in [0, 0.1) is 13.8 Å². The standard InChI is InChI=1S/C22H28N4O/c1-15-14-16(2)24-21-20(15)18-10-6-7-11-19(18)26(21)13-12-23-22(27)25-17-8-4-3-5-9-17/h6-7,10-11,14,17H,3-5,8-9,12-13H2,1-2H3,(H2,23,25,27). The van der Waals surface area contributed by atoms with E-state index in [1.807, 2.05) is 6.92 Å². The van der Waals surface area contributed by atoms with Crippen LogP contribution in [0.3, 0.4) is 0 Å². The summed E-state index contributed by atoms with van der Waals surface area (Å²) in [7, 11) is 0. The van der Waals surface area contributed by atoms with Crippen molar-refractivity contribution in [1.29, 1.82) is 0 Å². The quantitative estimate of drug-likeness (QED) is 0.719. The van der Waals surface area contributed by atoms with E-state index in [1.54, 1.807) is 0 Å². The Labute approximate surface area is 160 Å². The molecule has 0 saturated heterocycles. The molecule has 2 heterocycles. The third kappa shape index (κ3) is 3.64. The smallest absolute Gasteiger partial charge is 0.315 e. The van der Waals surface area contributed by atoms with E-state index < -0.39 is 0 Å². The predicted molar refractivity (Wildman–Crippen MR) is 110 cm³/mol. The van der Waals surface area contributed by atoms with E-state index in [2.05, 4.69) is 52.5 Å². The largest absolute Gasteiger partial charge is 0.336 e. The molecule has 1 aliphatic rings. The summed E-state index contributed by atoms with van der Waals surface area (Å²) in [6.45, 7) is 5.47.